The summed E-state index contributed by atoms with van der Waals surface area (Å²) >= 11 is 4.98. The number of hydrogen-bond acceptors (Lipinski definition) is 2. The van der Waals surface area contributed by atoms with E-state index < -0.39 is 0 Å². The van der Waals surface area contributed by atoms with Crippen molar-refractivity contribution in [2.24, 2.45) is 5.10 Å². The molecule has 76 valence electrons. The molecule has 0 aromatic carbocycles. The Morgan fingerprint density at radius 2 is 2.43 bits per heavy atom. The Labute approximate surface area is 88.8 Å². The first-order valence-electron chi connectivity index (χ1n) is 4.41. The SMILES string of the molecule is CC(C)NC(=S)N/N=C/c1ccc[nH]1. The summed E-state index contributed by atoms with van der Waals surface area (Å²) in [7, 11) is 0. The van der Waals surface area contributed by atoms with Crippen LogP contribution in [-0.4, -0.2) is 22.4 Å². The Bertz CT molecular complexity index is 303. The molecular formula is C9H14N4S. The minimum atomic E-state index is 0.315. The van der Waals surface area contributed by atoms with Crippen molar-refractivity contribution in [3.63, 3.8) is 0 Å². The molecule has 4 nitrogen and oxygen atoms in total. The highest BCUT2D eigenvalue weighted by Gasteiger charge is 1.94. The smallest absolute Gasteiger partial charge is 0.187 e. The molecule has 0 fully saturated rings. The zero-order valence-electron chi connectivity index (χ0n) is 8.24. The van der Waals surface area contributed by atoms with Crippen LogP contribution in [0.15, 0.2) is 23.4 Å². The summed E-state index contributed by atoms with van der Waals surface area (Å²) in [6, 6.07) is 4.14. The van der Waals surface area contributed by atoms with Crippen LogP contribution in [0.5, 0.6) is 0 Å². The summed E-state index contributed by atoms with van der Waals surface area (Å²) < 4.78 is 0. The first-order valence-corrected chi connectivity index (χ1v) is 4.82. The van der Waals surface area contributed by atoms with E-state index >= 15 is 0 Å². The van der Waals surface area contributed by atoms with Gasteiger partial charge in [-0.3, -0.25) is 5.43 Å². The molecule has 0 amide bonds. The fourth-order valence-corrected chi connectivity index (χ4v) is 1.17. The van der Waals surface area contributed by atoms with Crippen molar-refractivity contribution in [3.05, 3.63) is 24.0 Å². The van der Waals surface area contributed by atoms with Crippen LogP contribution in [0.2, 0.25) is 0 Å². The number of hydrogen-bond donors (Lipinski definition) is 3. The van der Waals surface area contributed by atoms with E-state index in [1.807, 2.05) is 32.2 Å². The Balaban J connectivity index is 2.30. The molecule has 1 heterocycles. The van der Waals surface area contributed by atoms with Crippen LogP contribution in [0.1, 0.15) is 19.5 Å². The Morgan fingerprint density at radius 1 is 1.64 bits per heavy atom. The number of thiocarbonyl (C=S) groups is 1. The maximum absolute atomic E-state index is 4.98. The molecule has 1 aromatic heterocycles. The number of hydrazone groups is 1. The molecule has 5 heteroatoms. The lowest BCUT2D eigenvalue weighted by molar-refractivity contribution is 0.719. The number of nitrogens with one attached hydrogen (secondary N) is 3. The summed E-state index contributed by atoms with van der Waals surface area (Å²) in [6.07, 6.45) is 3.51. The third-order valence-electron chi connectivity index (χ3n) is 1.41. The van der Waals surface area contributed by atoms with E-state index in [0.29, 0.717) is 11.2 Å². The van der Waals surface area contributed by atoms with Crippen LogP contribution >= 0.6 is 12.2 Å². The lowest BCUT2D eigenvalue weighted by Gasteiger charge is -2.09. The van der Waals surface area contributed by atoms with Crippen molar-refractivity contribution in [1.82, 2.24) is 15.7 Å². The lowest BCUT2D eigenvalue weighted by Crippen LogP contribution is -2.36. The predicted octanol–water partition coefficient (Wildman–Crippen LogP) is 1.22. The van der Waals surface area contributed by atoms with Crippen LogP contribution in [0.25, 0.3) is 0 Å². The average molecular weight is 210 g/mol. The van der Waals surface area contributed by atoms with Crippen molar-refractivity contribution < 1.29 is 0 Å². The quantitative estimate of drug-likeness (QED) is 0.399. The molecule has 14 heavy (non-hydrogen) atoms. The number of H-pyrrole nitrogens is 1. The zero-order valence-corrected chi connectivity index (χ0v) is 9.06. The van der Waals surface area contributed by atoms with Gasteiger partial charge in [-0.1, -0.05) is 0 Å². The van der Waals surface area contributed by atoms with Crippen LogP contribution in [0.4, 0.5) is 0 Å². The fraction of sp³-hybridized carbons (Fsp3) is 0.333. The second-order valence-corrected chi connectivity index (χ2v) is 3.53. The average Bonchev–Trinajstić information content (AvgIpc) is 2.55. The zero-order chi connectivity index (χ0) is 10.4. The van der Waals surface area contributed by atoms with Gasteiger partial charge in [0.2, 0.25) is 0 Å². The molecule has 0 spiro atoms. The first-order chi connectivity index (χ1) is 6.68. The van der Waals surface area contributed by atoms with Gasteiger partial charge in [0.1, 0.15) is 0 Å². The molecule has 1 aromatic rings. The van der Waals surface area contributed by atoms with E-state index in [2.05, 4.69) is 20.8 Å². The standard InChI is InChI=1S/C9H14N4S/c1-7(2)12-9(14)13-11-6-8-4-3-5-10-8/h3-7,10H,1-2H3,(H2,12,13,14)/b11-6+. The topological polar surface area (TPSA) is 52.2 Å². The second-order valence-electron chi connectivity index (χ2n) is 3.12. The van der Waals surface area contributed by atoms with Crippen LogP contribution in [0.3, 0.4) is 0 Å². The van der Waals surface area contributed by atoms with Crippen LogP contribution in [-0.2, 0) is 0 Å². The third kappa shape index (κ3) is 4.04. The van der Waals surface area contributed by atoms with E-state index in [0.717, 1.165) is 5.69 Å². The lowest BCUT2D eigenvalue weighted by atomic mass is 10.4. The van der Waals surface area contributed by atoms with Crippen molar-refractivity contribution in [2.75, 3.05) is 0 Å². The van der Waals surface area contributed by atoms with E-state index in [1.54, 1.807) is 6.21 Å². The summed E-state index contributed by atoms with van der Waals surface area (Å²) in [6.45, 7) is 4.03. The fourth-order valence-electron chi connectivity index (χ4n) is 0.879. The van der Waals surface area contributed by atoms with E-state index in [1.165, 1.54) is 0 Å². The van der Waals surface area contributed by atoms with Gasteiger partial charge in [0.15, 0.2) is 5.11 Å². The van der Waals surface area contributed by atoms with Crippen molar-refractivity contribution in [2.45, 2.75) is 19.9 Å². The largest absolute Gasteiger partial charge is 0.360 e. The van der Waals surface area contributed by atoms with Gasteiger partial charge < -0.3 is 10.3 Å². The van der Waals surface area contributed by atoms with Crippen molar-refractivity contribution >= 4 is 23.5 Å². The summed E-state index contributed by atoms with van der Waals surface area (Å²) in [5.74, 6) is 0. The van der Waals surface area contributed by atoms with Crippen molar-refractivity contribution in [3.8, 4) is 0 Å². The maximum Gasteiger partial charge on any atom is 0.187 e. The highest BCUT2D eigenvalue weighted by molar-refractivity contribution is 7.80. The number of aromatic amines is 1. The van der Waals surface area contributed by atoms with Gasteiger partial charge in [0.25, 0.3) is 0 Å². The van der Waals surface area contributed by atoms with Gasteiger partial charge in [-0.25, -0.2) is 0 Å². The third-order valence-corrected chi connectivity index (χ3v) is 1.62. The molecule has 3 N–H and O–H groups in total. The Morgan fingerprint density at radius 3 is 3.00 bits per heavy atom. The molecule has 0 saturated heterocycles. The van der Waals surface area contributed by atoms with Gasteiger partial charge in [-0.05, 0) is 38.2 Å². The van der Waals surface area contributed by atoms with Crippen LogP contribution < -0.4 is 10.7 Å². The molecule has 1 rings (SSSR count). The molecule has 0 aliphatic carbocycles. The number of aromatic nitrogens is 1. The molecule has 0 radical (unpaired) electrons. The van der Waals surface area contributed by atoms with Crippen LogP contribution in [0, 0.1) is 0 Å². The van der Waals surface area contributed by atoms with E-state index in [9.17, 15) is 0 Å². The van der Waals surface area contributed by atoms with E-state index in [-0.39, 0.29) is 0 Å². The minimum Gasteiger partial charge on any atom is -0.360 e. The predicted molar refractivity (Wildman–Crippen MR) is 62.4 cm³/mol. The van der Waals surface area contributed by atoms with Crippen molar-refractivity contribution in [1.29, 1.82) is 0 Å². The van der Waals surface area contributed by atoms with Gasteiger partial charge >= 0.3 is 0 Å². The molecule has 0 saturated carbocycles. The Kier molecular flexibility index (Phi) is 4.12. The number of rotatable bonds is 3. The molecule has 0 unspecified atom stereocenters. The summed E-state index contributed by atoms with van der Waals surface area (Å²) in [5.41, 5.74) is 3.66. The molecule has 0 atom stereocenters. The normalized spacial score (nSPS) is 10.8. The minimum absolute atomic E-state index is 0.315. The second kappa shape index (κ2) is 5.39. The molecule has 0 aliphatic heterocycles. The van der Waals surface area contributed by atoms with Gasteiger partial charge in [-0.15, -0.1) is 0 Å². The maximum atomic E-state index is 4.98. The highest BCUT2D eigenvalue weighted by Crippen LogP contribution is 1.88. The summed E-state index contributed by atoms with van der Waals surface area (Å²) in [5, 5.41) is 7.51. The Hall–Kier alpha value is -1.36. The highest BCUT2D eigenvalue weighted by atomic mass is 32.1. The van der Waals surface area contributed by atoms with Gasteiger partial charge in [0.05, 0.1) is 11.9 Å². The monoisotopic (exact) mass is 210 g/mol. The molecule has 0 bridgehead atoms. The van der Waals surface area contributed by atoms with Gasteiger partial charge in [-0.2, -0.15) is 5.10 Å². The van der Waals surface area contributed by atoms with Gasteiger partial charge in [0, 0.05) is 12.2 Å². The van der Waals surface area contributed by atoms with E-state index in [4.69, 9.17) is 12.2 Å². The summed E-state index contributed by atoms with van der Waals surface area (Å²) in [4.78, 5) is 3.00. The molecular weight excluding hydrogens is 196 g/mol. The number of nitrogens with zero attached hydrogens (tertiary/aromatic N) is 1. The molecule has 0 aliphatic rings. The first kappa shape index (κ1) is 10.7.